The topological polar surface area (TPSA) is 32.3 Å². The summed E-state index contributed by atoms with van der Waals surface area (Å²) in [5.74, 6) is 0.0450. The first-order chi connectivity index (χ1) is 8.49. The van der Waals surface area contributed by atoms with Crippen LogP contribution in [0.25, 0.3) is 0 Å². The van der Waals surface area contributed by atoms with Crippen molar-refractivity contribution in [3.05, 3.63) is 35.9 Å². The fraction of sp³-hybridized carbons (Fsp3) is 0.533. The average Bonchev–Trinajstić information content (AvgIpc) is 2.34. The molecule has 18 heavy (non-hydrogen) atoms. The molecule has 0 saturated carbocycles. The van der Waals surface area contributed by atoms with Crippen molar-refractivity contribution in [2.75, 3.05) is 7.05 Å². The zero-order valence-corrected chi connectivity index (χ0v) is 12.0. The minimum absolute atomic E-state index is 0.0450. The summed E-state index contributed by atoms with van der Waals surface area (Å²) >= 11 is 0. The van der Waals surface area contributed by atoms with E-state index in [1.54, 1.807) is 7.05 Å². The Labute approximate surface area is 110 Å². The summed E-state index contributed by atoms with van der Waals surface area (Å²) in [6, 6.07) is 10.3. The highest BCUT2D eigenvalue weighted by Gasteiger charge is 2.30. The van der Waals surface area contributed by atoms with Crippen LogP contribution in [0.15, 0.2) is 30.3 Å². The van der Waals surface area contributed by atoms with Gasteiger partial charge in [0.1, 0.15) is 6.04 Å². The molecule has 1 aromatic rings. The van der Waals surface area contributed by atoms with Gasteiger partial charge in [0.05, 0.1) is 0 Å². The van der Waals surface area contributed by atoms with Gasteiger partial charge in [-0.3, -0.25) is 9.69 Å². The Morgan fingerprint density at radius 3 is 1.94 bits per heavy atom. The zero-order valence-electron chi connectivity index (χ0n) is 12.0. The fourth-order valence-corrected chi connectivity index (χ4v) is 2.42. The molecule has 0 aliphatic rings. The second-order valence-electron chi connectivity index (χ2n) is 5.06. The maximum Gasteiger partial charge on any atom is 0.241 e. The maximum absolute atomic E-state index is 12.2. The largest absolute Gasteiger partial charge is 0.358 e. The number of carbonyl (C=O) groups excluding carboxylic acids is 1. The van der Waals surface area contributed by atoms with E-state index in [-0.39, 0.29) is 11.9 Å². The van der Waals surface area contributed by atoms with Gasteiger partial charge in [0.15, 0.2) is 0 Å². The molecule has 0 spiro atoms. The number of amides is 1. The molecule has 1 unspecified atom stereocenters. The smallest absolute Gasteiger partial charge is 0.241 e. The van der Waals surface area contributed by atoms with E-state index in [0.29, 0.717) is 12.1 Å². The Balaban J connectivity index is 3.16. The lowest BCUT2D eigenvalue weighted by Gasteiger charge is -2.37. The van der Waals surface area contributed by atoms with Crippen molar-refractivity contribution in [3.8, 4) is 0 Å². The lowest BCUT2D eigenvalue weighted by atomic mass is 10.0. The standard InChI is InChI=1S/C15H24N2O/c1-11(2)17(12(3)4)14(15(18)16-5)13-9-7-6-8-10-13/h6-12,14H,1-5H3,(H,16,18). The minimum atomic E-state index is -0.226. The number of nitrogens with zero attached hydrogens (tertiary/aromatic N) is 1. The van der Waals surface area contributed by atoms with Gasteiger partial charge in [-0.1, -0.05) is 30.3 Å². The first kappa shape index (κ1) is 14.7. The quantitative estimate of drug-likeness (QED) is 0.868. The van der Waals surface area contributed by atoms with E-state index in [4.69, 9.17) is 0 Å². The van der Waals surface area contributed by atoms with Crippen molar-refractivity contribution < 1.29 is 4.79 Å². The van der Waals surface area contributed by atoms with E-state index in [9.17, 15) is 4.79 Å². The van der Waals surface area contributed by atoms with Gasteiger partial charge in [-0.2, -0.15) is 0 Å². The molecule has 0 aliphatic carbocycles. The Morgan fingerprint density at radius 1 is 1.06 bits per heavy atom. The van der Waals surface area contributed by atoms with Crippen LogP contribution in [-0.2, 0) is 4.79 Å². The van der Waals surface area contributed by atoms with Gasteiger partial charge < -0.3 is 5.32 Å². The molecule has 1 atom stereocenters. The van der Waals surface area contributed by atoms with Crippen molar-refractivity contribution >= 4 is 5.91 Å². The lowest BCUT2D eigenvalue weighted by molar-refractivity contribution is -0.127. The van der Waals surface area contributed by atoms with Crippen molar-refractivity contribution in [1.82, 2.24) is 10.2 Å². The Kier molecular flexibility index (Phi) is 5.35. The molecule has 1 amide bonds. The van der Waals surface area contributed by atoms with Gasteiger partial charge in [0, 0.05) is 19.1 Å². The van der Waals surface area contributed by atoms with E-state index < -0.39 is 0 Å². The number of benzene rings is 1. The number of hydrogen-bond acceptors (Lipinski definition) is 2. The first-order valence-electron chi connectivity index (χ1n) is 6.53. The molecule has 0 bridgehead atoms. The van der Waals surface area contributed by atoms with Crippen LogP contribution in [0.1, 0.15) is 39.3 Å². The summed E-state index contributed by atoms with van der Waals surface area (Å²) in [5, 5.41) is 2.77. The second-order valence-corrected chi connectivity index (χ2v) is 5.06. The summed E-state index contributed by atoms with van der Waals surface area (Å²) in [6.45, 7) is 8.50. The molecule has 100 valence electrons. The van der Waals surface area contributed by atoms with Crippen LogP contribution in [0, 0.1) is 0 Å². The van der Waals surface area contributed by atoms with E-state index >= 15 is 0 Å². The molecule has 3 heteroatoms. The molecule has 0 aromatic heterocycles. The number of rotatable bonds is 5. The van der Waals surface area contributed by atoms with Crippen LogP contribution < -0.4 is 5.32 Å². The van der Waals surface area contributed by atoms with Crippen LogP contribution >= 0.6 is 0 Å². The predicted molar refractivity (Wildman–Crippen MR) is 75.4 cm³/mol. The Morgan fingerprint density at radius 2 is 1.56 bits per heavy atom. The van der Waals surface area contributed by atoms with E-state index in [1.807, 2.05) is 30.3 Å². The van der Waals surface area contributed by atoms with Gasteiger partial charge in [-0.05, 0) is 33.3 Å². The monoisotopic (exact) mass is 248 g/mol. The number of likely N-dealkylation sites (N-methyl/N-ethyl adjacent to an activating group) is 1. The lowest BCUT2D eigenvalue weighted by Crippen LogP contribution is -2.46. The maximum atomic E-state index is 12.2. The van der Waals surface area contributed by atoms with Crippen molar-refractivity contribution in [2.45, 2.75) is 45.8 Å². The van der Waals surface area contributed by atoms with E-state index in [2.05, 4.69) is 37.9 Å². The van der Waals surface area contributed by atoms with E-state index in [1.165, 1.54) is 0 Å². The third-order valence-electron chi connectivity index (χ3n) is 3.10. The Hall–Kier alpha value is -1.35. The van der Waals surface area contributed by atoms with Crippen molar-refractivity contribution in [3.63, 3.8) is 0 Å². The fourth-order valence-electron chi connectivity index (χ4n) is 2.42. The molecular weight excluding hydrogens is 224 g/mol. The molecule has 0 heterocycles. The molecular formula is C15H24N2O. The number of carbonyl (C=O) groups is 1. The SMILES string of the molecule is CNC(=O)C(c1ccccc1)N(C(C)C)C(C)C. The summed E-state index contributed by atoms with van der Waals surface area (Å²) in [7, 11) is 1.69. The molecule has 3 nitrogen and oxygen atoms in total. The highest BCUT2D eigenvalue weighted by Crippen LogP contribution is 2.25. The number of hydrogen-bond donors (Lipinski definition) is 1. The second kappa shape index (κ2) is 6.55. The van der Waals surface area contributed by atoms with Crippen LogP contribution in [0.5, 0.6) is 0 Å². The molecule has 1 rings (SSSR count). The van der Waals surface area contributed by atoms with E-state index in [0.717, 1.165) is 5.56 Å². The van der Waals surface area contributed by atoms with Crippen molar-refractivity contribution in [1.29, 1.82) is 0 Å². The normalized spacial score (nSPS) is 13.1. The average molecular weight is 248 g/mol. The summed E-state index contributed by atoms with van der Waals surface area (Å²) in [5.41, 5.74) is 1.04. The molecule has 1 N–H and O–H groups in total. The van der Waals surface area contributed by atoms with Crippen LogP contribution in [-0.4, -0.2) is 29.9 Å². The van der Waals surface area contributed by atoms with Crippen molar-refractivity contribution in [2.24, 2.45) is 0 Å². The molecule has 0 fully saturated rings. The zero-order chi connectivity index (χ0) is 13.7. The molecule has 0 saturated heterocycles. The first-order valence-corrected chi connectivity index (χ1v) is 6.53. The molecule has 0 radical (unpaired) electrons. The summed E-state index contributed by atoms with van der Waals surface area (Å²) in [6.07, 6.45) is 0. The third kappa shape index (κ3) is 3.33. The van der Waals surface area contributed by atoms with Gasteiger partial charge in [-0.15, -0.1) is 0 Å². The highest BCUT2D eigenvalue weighted by molar-refractivity contribution is 5.83. The third-order valence-corrected chi connectivity index (χ3v) is 3.10. The van der Waals surface area contributed by atoms with Crippen LogP contribution in [0.2, 0.25) is 0 Å². The van der Waals surface area contributed by atoms with Gasteiger partial charge in [0.25, 0.3) is 0 Å². The molecule has 0 aliphatic heterocycles. The van der Waals surface area contributed by atoms with Crippen LogP contribution in [0.4, 0.5) is 0 Å². The number of nitrogens with one attached hydrogen (secondary N) is 1. The van der Waals surface area contributed by atoms with Gasteiger partial charge in [0.2, 0.25) is 5.91 Å². The molecule has 1 aromatic carbocycles. The van der Waals surface area contributed by atoms with Crippen LogP contribution in [0.3, 0.4) is 0 Å². The minimum Gasteiger partial charge on any atom is -0.358 e. The highest BCUT2D eigenvalue weighted by atomic mass is 16.2. The predicted octanol–water partition coefficient (Wildman–Crippen LogP) is 2.59. The summed E-state index contributed by atoms with van der Waals surface area (Å²) < 4.78 is 0. The van der Waals surface area contributed by atoms with Gasteiger partial charge in [-0.25, -0.2) is 0 Å². The van der Waals surface area contributed by atoms with Gasteiger partial charge >= 0.3 is 0 Å². The summed E-state index contributed by atoms with van der Waals surface area (Å²) in [4.78, 5) is 14.4. The Bertz CT molecular complexity index is 365.